The van der Waals surface area contributed by atoms with Crippen molar-refractivity contribution in [2.24, 2.45) is 11.7 Å². The molecule has 0 saturated heterocycles. The molecule has 3 heterocycles. The number of benzene rings is 1. The van der Waals surface area contributed by atoms with E-state index in [1.165, 1.54) is 35.6 Å². The topological polar surface area (TPSA) is 104 Å². The number of halogens is 2. The van der Waals surface area contributed by atoms with Crippen LogP contribution in [0.5, 0.6) is 5.75 Å². The van der Waals surface area contributed by atoms with Crippen LogP contribution >= 0.6 is 22.9 Å². The first-order valence-corrected chi connectivity index (χ1v) is 12.8. The molecule has 1 amide bonds. The summed E-state index contributed by atoms with van der Waals surface area (Å²) in [6.45, 7) is 5.66. The van der Waals surface area contributed by atoms with Crippen molar-refractivity contribution in [3.63, 3.8) is 0 Å². The number of nitrogens with zero attached hydrogens (tertiary/aromatic N) is 2. The average Bonchev–Trinajstić information content (AvgIpc) is 3.28. The van der Waals surface area contributed by atoms with Crippen LogP contribution in [0.4, 0.5) is 4.39 Å². The van der Waals surface area contributed by atoms with Crippen molar-refractivity contribution in [1.82, 2.24) is 9.97 Å². The molecule has 4 aromatic rings. The minimum absolute atomic E-state index is 0.0842. The SMILES string of the molecule is CCOC(=O)c1c(COc2ccc(F)cc2)nc(CC(C)C)c(C(N)=O)c1-c1cc2ccnc(Cl)c2s1. The zero-order valence-corrected chi connectivity index (χ0v) is 22.1. The van der Waals surface area contributed by atoms with E-state index >= 15 is 0 Å². The number of pyridine rings is 2. The fraction of sp³-hybridized carbons (Fsp3) is 0.259. The van der Waals surface area contributed by atoms with E-state index in [0.29, 0.717) is 38.2 Å². The number of thiophene rings is 1. The van der Waals surface area contributed by atoms with Gasteiger partial charge in [-0.2, -0.15) is 0 Å². The highest BCUT2D eigenvalue weighted by atomic mass is 35.5. The summed E-state index contributed by atoms with van der Waals surface area (Å²) in [6.07, 6.45) is 2.02. The first kappa shape index (κ1) is 26.5. The summed E-state index contributed by atoms with van der Waals surface area (Å²) in [4.78, 5) is 35.6. The van der Waals surface area contributed by atoms with Gasteiger partial charge in [0.05, 0.1) is 33.8 Å². The van der Waals surface area contributed by atoms with Crippen molar-refractivity contribution >= 4 is 44.9 Å². The molecule has 192 valence electrons. The fourth-order valence-corrected chi connectivity index (χ4v) is 5.37. The molecule has 0 bridgehead atoms. The van der Waals surface area contributed by atoms with Crippen molar-refractivity contribution in [3.05, 3.63) is 76.1 Å². The lowest BCUT2D eigenvalue weighted by Gasteiger charge is -2.20. The van der Waals surface area contributed by atoms with E-state index in [2.05, 4.69) is 4.98 Å². The van der Waals surface area contributed by atoms with Crippen LogP contribution in [-0.4, -0.2) is 28.5 Å². The van der Waals surface area contributed by atoms with Crippen LogP contribution in [0.1, 0.15) is 52.9 Å². The maximum atomic E-state index is 13.4. The molecule has 37 heavy (non-hydrogen) atoms. The lowest BCUT2D eigenvalue weighted by Crippen LogP contribution is -2.23. The molecule has 4 rings (SSSR count). The Balaban J connectivity index is 2.00. The number of fused-ring (bicyclic) bond motifs is 1. The van der Waals surface area contributed by atoms with Crippen molar-refractivity contribution in [2.75, 3.05) is 6.61 Å². The largest absolute Gasteiger partial charge is 0.487 e. The van der Waals surface area contributed by atoms with Gasteiger partial charge in [0.15, 0.2) is 0 Å². The highest BCUT2D eigenvalue weighted by Crippen LogP contribution is 2.41. The van der Waals surface area contributed by atoms with E-state index in [9.17, 15) is 14.0 Å². The normalized spacial score (nSPS) is 11.2. The van der Waals surface area contributed by atoms with Gasteiger partial charge in [-0.15, -0.1) is 11.3 Å². The number of esters is 1. The highest BCUT2D eigenvalue weighted by Gasteiger charge is 2.30. The van der Waals surface area contributed by atoms with E-state index in [4.69, 9.17) is 31.8 Å². The van der Waals surface area contributed by atoms with Crippen LogP contribution in [0.3, 0.4) is 0 Å². The van der Waals surface area contributed by atoms with E-state index in [1.807, 2.05) is 19.9 Å². The van der Waals surface area contributed by atoms with Gasteiger partial charge in [-0.25, -0.2) is 14.2 Å². The molecule has 10 heteroatoms. The summed E-state index contributed by atoms with van der Waals surface area (Å²) >= 11 is 7.62. The van der Waals surface area contributed by atoms with Gasteiger partial charge in [0.1, 0.15) is 23.3 Å². The molecule has 2 N–H and O–H groups in total. The molecule has 0 fully saturated rings. The molecule has 0 spiro atoms. The Morgan fingerprint density at radius 2 is 1.86 bits per heavy atom. The Hall–Kier alpha value is -3.56. The molecule has 0 atom stereocenters. The summed E-state index contributed by atoms with van der Waals surface area (Å²) in [6, 6.07) is 9.14. The Labute approximate surface area is 222 Å². The third-order valence-corrected chi connectivity index (χ3v) is 7.07. The second-order valence-electron chi connectivity index (χ2n) is 8.69. The standard InChI is InChI=1S/C27H25ClFN3O4S/c1-4-35-27(34)22-19(13-36-17-7-5-16(29)6-8-17)32-18(11-14(2)3)21(26(30)33)23(22)20-12-15-9-10-31-25(28)24(15)37-20/h5-10,12,14H,4,11,13H2,1-3H3,(H2,30,33). The van der Waals surface area contributed by atoms with Crippen molar-refractivity contribution < 1.29 is 23.5 Å². The van der Waals surface area contributed by atoms with Gasteiger partial charge in [-0.1, -0.05) is 25.4 Å². The number of hydrogen-bond donors (Lipinski definition) is 1. The monoisotopic (exact) mass is 541 g/mol. The third kappa shape index (κ3) is 5.73. The molecule has 3 aromatic heterocycles. The highest BCUT2D eigenvalue weighted by molar-refractivity contribution is 7.22. The quantitative estimate of drug-likeness (QED) is 0.200. The molecule has 0 aliphatic heterocycles. The lowest BCUT2D eigenvalue weighted by atomic mass is 9.92. The average molecular weight is 542 g/mol. The van der Waals surface area contributed by atoms with Crippen LogP contribution in [0, 0.1) is 11.7 Å². The zero-order valence-electron chi connectivity index (χ0n) is 20.5. The van der Waals surface area contributed by atoms with Gasteiger partial charge in [0, 0.05) is 16.6 Å². The molecule has 1 aromatic carbocycles. The van der Waals surface area contributed by atoms with E-state index in [-0.39, 0.29) is 36.0 Å². The fourth-order valence-electron chi connectivity index (χ4n) is 4.00. The molecule has 7 nitrogen and oxygen atoms in total. The van der Waals surface area contributed by atoms with Crippen LogP contribution in [0.2, 0.25) is 5.15 Å². The molecular weight excluding hydrogens is 517 g/mol. The van der Waals surface area contributed by atoms with Gasteiger partial charge in [0.2, 0.25) is 0 Å². The molecule has 0 saturated carbocycles. The summed E-state index contributed by atoms with van der Waals surface area (Å²) in [5.41, 5.74) is 7.18. The van der Waals surface area contributed by atoms with E-state index < -0.39 is 17.7 Å². The number of primary amides is 1. The molecule has 0 aliphatic rings. The van der Waals surface area contributed by atoms with Crippen LogP contribution in [0.15, 0.2) is 42.6 Å². The predicted octanol–water partition coefficient (Wildman–Crippen LogP) is 6.20. The number of carbonyl (C=O) groups excluding carboxylic acids is 2. The summed E-state index contributed by atoms with van der Waals surface area (Å²) in [7, 11) is 0. The van der Waals surface area contributed by atoms with Crippen LogP contribution < -0.4 is 10.5 Å². The number of nitrogens with two attached hydrogens (primary N) is 1. The molecule has 0 aliphatic carbocycles. The summed E-state index contributed by atoms with van der Waals surface area (Å²) < 4.78 is 25.3. The number of aromatic nitrogens is 2. The van der Waals surface area contributed by atoms with Gasteiger partial charge in [0.25, 0.3) is 5.91 Å². The van der Waals surface area contributed by atoms with Crippen molar-refractivity contribution in [1.29, 1.82) is 0 Å². The number of amides is 1. The minimum Gasteiger partial charge on any atom is -0.487 e. The first-order chi connectivity index (χ1) is 17.7. The van der Waals surface area contributed by atoms with E-state index in [0.717, 1.165) is 5.39 Å². The van der Waals surface area contributed by atoms with Gasteiger partial charge in [-0.05, 0) is 61.0 Å². The molecular formula is C27H25ClFN3O4S. The number of carbonyl (C=O) groups is 2. The number of hydrogen-bond acceptors (Lipinski definition) is 7. The number of rotatable bonds is 9. The predicted molar refractivity (Wildman–Crippen MR) is 142 cm³/mol. The van der Waals surface area contributed by atoms with Gasteiger partial charge < -0.3 is 15.2 Å². The Morgan fingerprint density at radius 1 is 1.14 bits per heavy atom. The maximum Gasteiger partial charge on any atom is 0.340 e. The number of ether oxygens (including phenoxy) is 2. The van der Waals surface area contributed by atoms with Crippen molar-refractivity contribution in [3.8, 4) is 16.2 Å². The Morgan fingerprint density at radius 3 is 2.49 bits per heavy atom. The van der Waals surface area contributed by atoms with Crippen LogP contribution in [0.25, 0.3) is 20.5 Å². The summed E-state index contributed by atoms with van der Waals surface area (Å²) in [5, 5.41) is 1.11. The van der Waals surface area contributed by atoms with Gasteiger partial charge in [-0.3, -0.25) is 9.78 Å². The smallest absolute Gasteiger partial charge is 0.340 e. The maximum absolute atomic E-state index is 13.4. The van der Waals surface area contributed by atoms with Crippen molar-refractivity contribution in [2.45, 2.75) is 33.8 Å². The van der Waals surface area contributed by atoms with E-state index in [1.54, 1.807) is 19.2 Å². The molecule has 0 radical (unpaired) electrons. The second kappa shape index (κ2) is 11.2. The Kier molecular flexibility index (Phi) is 8.04. The molecule has 0 unspecified atom stereocenters. The Bertz CT molecular complexity index is 1470. The first-order valence-electron chi connectivity index (χ1n) is 11.6. The minimum atomic E-state index is -0.712. The van der Waals surface area contributed by atoms with Crippen LogP contribution in [-0.2, 0) is 17.8 Å². The summed E-state index contributed by atoms with van der Waals surface area (Å²) in [5.74, 6) is -1.25. The zero-order chi connectivity index (χ0) is 26.7. The third-order valence-electron chi connectivity index (χ3n) is 5.50. The lowest BCUT2D eigenvalue weighted by molar-refractivity contribution is 0.0523. The second-order valence-corrected chi connectivity index (χ2v) is 10.1. The van der Waals surface area contributed by atoms with Gasteiger partial charge >= 0.3 is 5.97 Å².